The zero-order valence-corrected chi connectivity index (χ0v) is 16.2. The summed E-state index contributed by atoms with van der Waals surface area (Å²) in [5.74, 6) is 0.415. The number of hydrogen-bond acceptors (Lipinski definition) is 5. The van der Waals surface area contributed by atoms with Crippen molar-refractivity contribution in [2.24, 2.45) is 5.92 Å². The average Bonchev–Trinajstić information content (AvgIpc) is 3.27. The van der Waals surface area contributed by atoms with E-state index in [1.54, 1.807) is 18.0 Å². The van der Waals surface area contributed by atoms with E-state index in [1.165, 1.54) is 0 Å². The van der Waals surface area contributed by atoms with Gasteiger partial charge in [-0.3, -0.25) is 14.2 Å². The fraction of sp³-hybridized carbons (Fsp3) is 0.476. The third kappa shape index (κ3) is 3.67. The molecule has 1 saturated heterocycles. The van der Waals surface area contributed by atoms with Gasteiger partial charge in [0.25, 0.3) is 5.56 Å². The Bertz CT molecular complexity index is 936. The average molecular weight is 382 g/mol. The van der Waals surface area contributed by atoms with Crippen LogP contribution in [0.5, 0.6) is 0 Å². The molecule has 0 unspecified atom stereocenters. The second-order valence-electron chi connectivity index (χ2n) is 7.39. The molecule has 0 bridgehead atoms. The maximum Gasteiger partial charge on any atom is 0.261 e. The van der Waals surface area contributed by atoms with E-state index in [0.29, 0.717) is 24.1 Å². The number of amides is 1. The summed E-state index contributed by atoms with van der Waals surface area (Å²) in [5, 5.41) is 0.616. The first-order valence-corrected chi connectivity index (χ1v) is 9.84. The van der Waals surface area contributed by atoms with Crippen LogP contribution in [0.15, 0.2) is 41.5 Å². The number of aromatic nitrogens is 2. The van der Waals surface area contributed by atoms with Crippen LogP contribution in [-0.2, 0) is 16.1 Å². The van der Waals surface area contributed by atoms with Gasteiger partial charge >= 0.3 is 0 Å². The quantitative estimate of drug-likeness (QED) is 0.736. The Morgan fingerprint density at radius 1 is 1.18 bits per heavy atom. The van der Waals surface area contributed by atoms with Crippen LogP contribution in [0.4, 0.5) is 5.69 Å². The second kappa shape index (κ2) is 8.14. The molecule has 1 fully saturated rings. The van der Waals surface area contributed by atoms with E-state index in [0.717, 1.165) is 44.7 Å². The van der Waals surface area contributed by atoms with Gasteiger partial charge in [-0.05, 0) is 31.0 Å². The molecule has 28 heavy (non-hydrogen) atoms. The van der Waals surface area contributed by atoms with Gasteiger partial charge in [-0.15, -0.1) is 0 Å². The third-order valence-electron chi connectivity index (χ3n) is 5.66. The van der Waals surface area contributed by atoms with Crippen LogP contribution in [0, 0.1) is 5.92 Å². The summed E-state index contributed by atoms with van der Waals surface area (Å²) in [6.07, 6.45) is 7.53. The van der Waals surface area contributed by atoms with E-state index in [4.69, 9.17) is 4.74 Å². The largest absolute Gasteiger partial charge is 0.383 e. The first kappa shape index (κ1) is 18.7. The molecule has 2 heterocycles. The van der Waals surface area contributed by atoms with Crippen molar-refractivity contribution in [2.45, 2.75) is 19.4 Å². The molecule has 4 rings (SSSR count). The fourth-order valence-electron chi connectivity index (χ4n) is 3.95. The van der Waals surface area contributed by atoms with Crippen molar-refractivity contribution in [1.82, 2.24) is 14.5 Å². The normalized spacial score (nSPS) is 17.6. The molecule has 7 heteroatoms. The van der Waals surface area contributed by atoms with E-state index >= 15 is 0 Å². The van der Waals surface area contributed by atoms with E-state index in [-0.39, 0.29) is 17.4 Å². The topological polar surface area (TPSA) is 67.7 Å². The molecular weight excluding hydrogens is 356 g/mol. The summed E-state index contributed by atoms with van der Waals surface area (Å²) in [4.78, 5) is 33.8. The highest BCUT2D eigenvalue weighted by molar-refractivity contribution is 5.82. The predicted octanol–water partition coefficient (Wildman–Crippen LogP) is 1.66. The van der Waals surface area contributed by atoms with E-state index in [9.17, 15) is 9.59 Å². The standard InChI is InChI=1S/C21H26N4O3/c1-28-13-12-25-15-22-19-14-17(6-7-18(19)21(25)27)23-8-10-24(11-9-23)20(26)16-4-2-3-5-16/h2-3,6-7,14-16H,4-5,8-13H2,1H3. The smallest absolute Gasteiger partial charge is 0.261 e. The highest BCUT2D eigenvalue weighted by Crippen LogP contribution is 2.23. The number of fused-ring (bicyclic) bond motifs is 1. The molecule has 7 nitrogen and oxygen atoms in total. The van der Waals surface area contributed by atoms with Crippen molar-refractivity contribution in [3.05, 3.63) is 47.0 Å². The van der Waals surface area contributed by atoms with Gasteiger partial charge in [0.05, 0.1) is 30.4 Å². The monoisotopic (exact) mass is 382 g/mol. The number of carbonyl (C=O) groups excluding carboxylic acids is 1. The van der Waals surface area contributed by atoms with Crippen LogP contribution in [0.3, 0.4) is 0 Å². The van der Waals surface area contributed by atoms with Gasteiger partial charge in [0.15, 0.2) is 0 Å². The summed E-state index contributed by atoms with van der Waals surface area (Å²) in [7, 11) is 1.61. The van der Waals surface area contributed by atoms with Crippen LogP contribution in [0.25, 0.3) is 10.9 Å². The number of allylic oxidation sites excluding steroid dienone is 2. The third-order valence-corrected chi connectivity index (χ3v) is 5.66. The van der Waals surface area contributed by atoms with Gasteiger partial charge in [-0.2, -0.15) is 0 Å². The van der Waals surface area contributed by atoms with Crippen LogP contribution in [0.2, 0.25) is 0 Å². The summed E-state index contributed by atoms with van der Waals surface area (Å²) in [6.45, 7) is 4.03. The number of piperazine rings is 1. The molecule has 148 valence electrons. The molecule has 1 aromatic heterocycles. The first-order chi connectivity index (χ1) is 13.7. The van der Waals surface area contributed by atoms with Crippen molar-refractivity contribution in [3.63, 3.8) is 0 Å². The molecule has 2 aliphatic rings. The molecule has 0 radical (unpaired) electrons. The van der Waals surface area contributed by atoms with Crippen molar-refractivity contribution in [2.75, 3.05) is 44.8 Å². The zero-order chi connectivity index (χ0) is 19.5. The minimum atomic E-state index is -0.0470. The fourth-order valence-corrected chi connectivity index (χ4v) is 3.95. The zero-order valence-electron chi connectivity index (χ0n) is 16.2. The minimum Gasteiger partial charge on any atom is -0.383 e. The minimum absolute atomic E-state index is 0.0470. The number of nitrogens with zero attached hydrogens (tertiary/aromatic N) is 4. The molecule has 1 aromatic carbocycles. The molecular formula is C21H26N4O3. The molecule has 0 spiro atoms. The van der Waals surface area contributed by atoms with E-state index in [2.05, 4.69) is 22.0 Å². The molecule has 0 atom stereocenters. The lowest BCUT2D eigenvalue weighted by Gasteiger charge is -2.37. The SMILES string of the molecule is COCCn1cnc2cc(N3CCN(C(=O)C4CC=CC4)CC3)ccc2c1=O. The van der Waals surface area contributed by atoms with Crippen LogP contribution in [0.1, 0.15) is 12.8 Å². The Hall–Kier alpha value is -2.67. The summed E-state index contributed by atoms with van der Waals surface area (Å²) >= 11 is 0. The lowest BCUT2D eigenvalue weighted by Crippen LogP contribution is -2.50. The number of carbonyl (C=O) groups is 1. The van der Waals surface area contributed by atoms with Crippen LogP contribution in [-0.4, -0.2) is 60.3 Å². The number of rotatable bonds is 5. The number of benzene rings is 1. The Balaban J connectivity index is 1.45. The molecule has 2 aromatic rings. The number of hydrogen-bond donors (Lipinski definition) is 0. The van der Waals surface area contributed by atoms with Crippen LogP contribution >= 0.6 is 0 Å². The molecule has 0 saturated carbocycles. The molecule has 0 N–H and O–H groups in total. The second-order valence-corrected chi connectivity index (χ2v) is 7.39. The van der Waals surface area contributed by atoms with Crippen molar-refractivity contribution >= 4 is 22.5 Å². The first-order valence-electron chi connectivity index (χ1n) is 9.84. The number of ether oxygens (including phenoxy) is 1. The van der Waals surface area contributed by atoms with Crippen molar-refractivity contribution in [1.29, 1.82) is 0 Å². The van der Waals surface area contributed by atoms with Gasteiger partial charge in [0, 0.05) is 44.9 Å². The highest BCUT2D eigenvalue weighted by atomic mass is 16.5. The Morgan fingerprint density at radius 2 is 1.93 bits per heavy atom. The Labute approximate surface area is 164 Å². The van der Waals surface area contributed by atoms with E-state index < -0.39 is 0 Å². The Kier molecular flexibility index (Phi) is 5.43. The molecule has 1 amide bonds. The summed E-state index contributed by atoms with van der Waals surface area (Å²) < 4.78 is 6.62. The maximum absolute atomic E-state index is 12.6. The Morgan fingerprint density at radius 3 is 2.64 bits per heavy atom. The number of methoxy groups -OCH3 is 1. The van der Waals surface area contributed by atoms with Gasteiger partial charge < -0.3 is 14.5 Å². The van der Waals surface area contributed by atoms with Gasteiger partial charge in [0.2, 0.25) is 5.91 Å². The van der Waals surface area contributed by atoms with Gasteiger partial charge in [-0.25, -0.2) is 4.98 Å². The lowest BCUT2D eigenvalue weighted by molar-refractivity contribution is -0.135. The van der Waals surface area contributed by atoms with Gasteiger partial charge in [-0.1, -0.05) is 12.2 Å². The lowest BCUT2D eigenvalue weighted by atomic mass is 10.1. The molecule has 1 aliphatic heterocycles. The van der Waals surface area contributed by atoms with E-state index in [1.807, 2.05) is 23.1 Å². The van der Waals surface area contributed by atoms with Crippen LogP contribution < -0.4 is 10.5 Å². The molecule has 1 aliphatic carbocycles. The van der Waals surface area contributed by atoms with Crippen molar-refractivity contribution < 1.29 is 9.53 Å². The summed E-state index contributed by atoms with van der Waals surface area (Å²) in [6, 6.07) is 5.80. The maximum atomic E-state index is 12.6. The number of anilines is 1. The predicted molar refractivity (Wildman–Crippen MR) is 109 cm³/mol. The summed E-state index contributed by atoms with van der Waals surface area (Å²) in [5.41, 5.74) is 1.70. The highest BCUT2D eigenvalue weighted by Gasteiger charge is 2.27. The van der Waals surface area contributed by atoms with Crippen molar-refractivity contribution in [3.8, 4) is 0 Å². The van der Waals surface area contributed by atoms with Gasteiger partial charge in [0.1, 0.15) is 0 Å².